The van der Waals surface area contributed by atoms with Gasteiger partial charge in [0, 0.05) is 19.0 Å². The minimum absolute atomic E-state index is 0.0979. The van der Waals surface area contributed by atoms with E-state index in [1.165, 1.54) is 12.1 Å². The first kappa shape index (κ1) is 13.8. The quantitative estimate of drug-likeness (QED) is 0.846. The summed E-state index contributed by atoms with van der Waals surface area (Å²) >= 11 is 0. The van der Waals surface area contributed by atoms with Crippen LogP contribution in [0.3, 0.4) is 0 Å². The van der Waals surface area contributed by atoms with Gasteiger partial charge in [-0.2, -0.15) is 5.10 Å². The molecule has 1 aromatic heterocycles. The van der Waals surface area contributed by atoms with Gasteiger partial charge in [-0.1, -0.05) is 0 Å². The third-order valence-electron chi connectivity index (χ3n) is 2.70. The van der Waals surface area contributed by atoms with Crippen LogP contribution in [0.2, 0.25) is 0 Å². The summed E-state index contributed by atoms with van der Waals surface area (Å²) in [7, 11) is 0. The minimum Gasteiger partial charge on any atom is -0.350 e. The number of carbonyl (C=O) groups excluding carboxylic acids is 1. The third-order valence-corrected chi connectivity index (χ3v) is 2.70. The third kappa shape index (κ3) is 3.69. The van der Waals surface area contributed by atoms with Crippen LogP contribution in [0.15, 0.2) is 36.5 Å². The molecule has 0 unspecified atom stereocenters. The summed E-state index contributed by atoms with van der Waals surface area (Å²) in [5.41, 5.74) is 1.49. The van der Waals surface area contributed by atoms with Gasteiger partial charge in [-0.15, -0.1) is 12.3 Å². The van der Waals surface area contributed by atoms with Gasteiger partial charge in [-0.25, -0.2) is 9.07 Å². The van der Waals surface area contributed by atoms with Crippen LogP contribution in [-0.4, -0.2) is 15.7 Å². The Balaban J connectivity index is 1.94. The van der Waals surface area contributed by atoms with Crippen molar-refractivity contribution in [3.8, 4) is 18.0 Å². The molecule has 4 nitrogen and oxygen atoms in total. The molecule has 0 saturated carbocycles. The first-order valence-corrected chi connectivity index (χ1v) is 6.19. The van der Waals surface area contributed by atoms with E-state index in [-0.39, 0.29) is 11.7 Å². The Bertz CT molecular complexity index is 625. The number of terminal acetylenes is 1. The van der Waals surface area contributed by atoms with E-state index in [4.69, 9.17) is 6.42 Å². The molecule has 0 fully saturated rings. The molecule has 0 spiro atoms. The highest BCUT2D eigenvalue weighted by molar-refractivity contribution is 5.76. The molecule has 102 valence electrons. The fraction of sp³-hybridized carbons (Fsp3) is 0.200. The molecule has 0 atom stereocenters. The van der Waals surface area contributed by atoms with Gasteiger partial charge in [0.1, 0.15) is 5.82 Å². The van der Waals surface area contributed by atoms with E-state index in [0.29, 0.717) is 19.4 Å². The van der Waals surface area contributed by atoms with Gasteiger partial charge < -0.3 is 5.32 Å². The van der Waals surface area contributed by atoms with E-state index >= 15 is 0 Å². The molecule has 0 saturated heterocycles. The summed E-state index contributed by atoms with van der Waals surface area (Å²) < 4.78 is 14.5. The van der Waals surface area contributed by atoms with Gasteiger partial charge in [-0.3, -0.25) is 4.79 Å². The van der Waals surface area contributed by atoms with Crippen molar-refractivity contribution in [2.24, 2.45) is 0 Å². The normalized spacial score (nSPS) is 10.0. The monoisotopic (exact) mass is 271 g/mol. The Morgan fingerprint density at radius 1 is 1.35 bits per heavy atom. The maximum Gasteiger partial charge on any atom is 0.221 e. The number of benzene rings is 1. The van der Waals surface area contributed by atoms with Crippen molar-refractivity contribution >= 4 is 5.91 Å². The van der Waals surface area contributed by atoms with Crippen molar-refractivity contribution in [1.82, 2.24) is 15.1 Å². The molecule has 0 bridgehead atoms. The van der Waals surface area contributed by atoms with Gasteiger partial charge in [-0.05, 0) is 30.3 Å². The summed E-state index contributed by atoms with van der Waals surface area (Å²) in [6.07, 6.45) is 7.59. The Morgan fingerprint density at radius 2 is 2.10 bits per heavy atom. The van der Waals surface area contributed by atoms with E-state index in [1.54, 1.807) is 29.1 Å². The molecule has 1 N–H and O–H groups in total. The number of hydrogen-bond acceptors (Lipinski definition) is 2. The highest BCUT2D eigenvalue weighted by atomic mass is 19.1. The number of amides is 1. The number of halogens is 1. The Kier molecular flexibility index (Phi) is 4.51. The molecule has 1 amide bonds. The predicted molar refractivity (Wildman–Crippen MR) is 73.4 cm³/mol. The molecule has 0 radical (unpaired) electrons. The average Bonchev–Trinajstić information content (AvgIpc) is 2.92. The Labute approximate surface area is 116 Å². The summed E-state index contributed by atoms with van der Waals surface area (Å²) in [5, 5.41) is 7.04. The molecular weight excluding hydrogens is 257 g/mol. The van der Waals surface area contributed by atoms with E-state index in [9.17, 15) is 9.18 Å². The molecule has 2 rings (SSSR count). The van der Waals surface area contributed by atoms with Crippen LogP contribution < -0.4 is 5.32 Å². The van der Waals surface area contributed by atoms with Crippen LogP contribution in [0.5, 0.6) is 0 Å². The van der Waals surface area contributed by atoms with E-state index in [0.717, 1.165) is 11.4 Å². The van der Waals surface area contributed by atoms with Gasteiger partial charge in [0.15, 0.2) is 0 Å². The van der Waals surface area contributed by atoms with Crippen LogP contribution >= 0.6 is 0 Å². The Morgan fingerprint density at radius 3 is 2.80 bits per heavy atom. The van der Waals surface area contributed by atoms with Crippen molar-refractivity contribution in [2.75, 3.05) is 0 Å². The number of nitrogens with zero attached hydrogens (tertiary/aromatic N) is 2. The summed E-state index contributed by atoms with van der Waals surface area (Å²) in [6.45, 7) is 0.345. The van der Waals surface area contributed by atoms with Crippen LogP contribution in [0.4, 0.5) is 4.39 Å². The van der Waals surface area contributed by atoms with Crippen molar-refractivity contribution in [2.45, 2.75) is 19.4 Å². The summed E-state index contributed by atoms with van der Waals surface area (Å²) in [6, 6.07) is 7.82. The molecule has 5 heteroatoms. The molecule has 1 aromatic carbocycles. The average molecular weight is 271 g/mol. The number of nitrogens with one attached hydrogen (secondary N) is 1. The van der Waals surface area contributed by atoms with E-state index in [2.05, 4.69) is 16.3 Å². The van der Waals surface area contributed by atoms with Crippen molar-refractivity contribution in [3.63, 3.8) is 0 Å². The maximum atomic E-state index is 12.8. The number of rotatable bonds is 5. The predicted octanol–water partition coefficient (Wildman–Crippen LogP) is 2.04. The zero-order valence-corrected chi connectivity index (χ0v) is 10.8. The minimum atomic E-state index is -0.290. The summed E-state index contributed by atoms with van der Waals surface area (Å²) in [5.74, 6) is 2.03. The first-order valence-electron chi connectivity index (χ1n) is 6.19. The number of hydrogen-bond donors (Lipinski definition) is 1. The maximum absolute atomic E-state index is 12.8. The standard InChI is InChI=1S/C15H14FN3O/c1-2-3-4-15(20)17-11-13-9-10-19(18-13)14-7-5-12(16)6-8-14/h1,5-10H,3-4,11H2,(H,17,20). The first-order chi connectivity index (χ1) is 9.69. The van der Waals surface area contributed by atoms with Crippen molar-refractivity contribution in [3.05, 3.63) is 48.0 Å². The van der Waals surface area contributed by atoms with Crippen molar-refractivity contribution in [1.29, 1.82) is 0 Å². The molecule has 1 heterocycles. The fourth-order valence-corrected chi connectivity index (χ4v) is 1.66. The molecule has 0 aliphatic carbocycles. The van der Waals surface area contributed by atoms with Gasteiger partial charge in [0.05, 0.1) is 17.9 Å². The van der Waals surface area contributed by atoms with Crippen LogP contribution in [0, 0.1) is 18.2 Å². The summed E-state index contributed by atoms with van der Waals surface area (Å²) in [4.78, 5) is 11.4. The van der Waals surface area contributed by atoms with Gasteiger partial charge in [0.25, 0.3) is 0 Å². The largest absolute Gasteiger partial charge is 0.350 e. The number of aromatic nitrogens is 2. The van der Waals surface area contributed by atoms with Crippen LogP contribution in [0.25, 0.3) is 5.69 Å². The van der Waals surface area contributed by atoms with Gasteiger partial charge >= 0.3 is 0 Å². The smallest absolute Gasteiger partial charge is 0.221 e. The van der Waals surface area contributed by atoms with Crippen molar-refractivity contribution < 1.29 is 9.18 Å². The Hall–Kier alpha value is -2.61. The lowest BCUT2D eigenvalue weighted by atomic mass is 10.3. The second kappa shape index (κ2) is 6.53. The highest BCUT2D eigenvalue weighted by Crippen LogP contribution is 2.08. The zero-order chi connectivity index (χ0) is 14.4. The molecule has 20 heavy (non-hydrogen) atoms. The SMILES string of the molecule is C#CCCC(=O)NCc1ccn(-c2ccc(F)cc2)n1. The fourth-order valence-electron chi connectivity index (χ4n) is 1.66. The lowest BCUT2D eigenvalue weighted by Gasteiger charge is -2.02. The molecular formula is C15H14FN3O. The zero-order valence-electron chi connectivity index (χ0n) is 10.8. The van der Waals surface area contributed by atoms with E-state index < -0.39 is 0 Å². The van der Waals surface area contributed by atoms with E-state index in [1.807, 2.05) is 0 Å². The number of carbonyl (C=O) groups is 1. The molecule has 0 aliphatic rings. The second-order valence-corrected chi connectivity index (χ2v) is 4.21. The lowest BCUT2D eigenvalue weighted by Crippen LogP contribution is -2.22. The lowest BCUT2D eigenvalue weighted by molar-refractivity contribution is -0.121. The van der Waals surface area contributed by atoms with Crippen LogP contribution in [-0.2, 0) is 11.3 Å². The molecule has 0 aliphatic heterocycles. The van der Waals surface area contributed by atoms with Crippen LogP contribution in [0.1, 0.15) is 18.5 Å². The topological polar surface area (TPSA) is 46.9 Å². The van der Waals surface area contributed by atoms with Gasteiger partial charge in [0.2, 0.25) is 5.91 Å². The second-order valence-electron chi connectivity index (χ2n) is 4.21. The highest BCUT2D eigenvalue weighted by Gasteiger charge is 2.04. The molecule has 2 aromatic rings.